The van der Waals surface area contributed by atoms with Gasteiger partial charge < -0.3 is 14.3 Å². The quantitative estimate of drug-likeness (QED) is 0.533. The fourth-order valence-electron chi connectivity index (χ4n) is 2.83. The maximum atomic E-state index is 11.9. The van der Waals surface area contributed by atoms with Crippen LogP contribution in [0.3, 0.4) is 0 Å². The van der Waals surface area contributed by atoms with Crippen molar-refractivity contribution in [1.82, 2.24) is 0 Å². The van der Waals surface area contributed by atoms with Gasteiger partial charge in [0.05, 0.1) is 6.42 Å². The Balaban J connectivity index is 1.79. The molecule has 2 aromatic rings. The van der Waals surface area contributed by atoms with Crippen LogP contribution in [0, 0.1) is 12.8 Å². The van der Waals surface area contributed by atoms with Gasteiger partial charge in [0, 0.05) is 22.6 Å². The molecule has 0 spiro atoms. The maximum absolute atomic E-state index is 11.9. The number of esters is 1. The van der Waals surface area contributed by atoms with Crippen molar-refractivity contribution < 1.29 is 19.1 Å². The van der Waals surface area contributed by atoms with Gasteiger partial charge in [0.1, 0.15) is 17.9 Å². The lowest BCUT2D eigenvalue weighted by Crippen LogP contribution is -2.10. The molecule has 0 unspecified atom stereocenters. The molecule has 1 heterocycles. The molecule has 1 atom stereocenters. The fraction of sp³-hybridized carbons (Fsp3) is 0.333. The molecular formula is C18H18O5. The van der Waals surface area contributed by atoms with E-state index < -0.39 is 5.63 Å². The van der Waals surface area contributed by atoms with E-state index in [4.69, 9.17) is 9.15 Å². The number of rotatable bonds is 4. The normalized spacial score (nSPS) is 16.8. The Labute approximate surface area is 133 Å². The number of aromatic hydroxyl groups is 1. The molecule has 1 aliphatic carbocycles. The van der Waals surface area contributed by atoms with Crippen molar-refractivity contribution in [3.63, 3.8) is 0 Å². The van der Waals surface area contributed by atoms with E-state index in [2.05, 4.69) is 6.08 Å². The number of phenols is 1. The van der Waals surface area contributed by atoms with Crippen molar-refractivity contribution in [2.24, 2.45) is 5.92 Å². The summed E-state index contributed by atoms with van der Waals surface area (Å²) in [5.74, 6) is 0.0283. The first-order chi connectivity index (χ1) is 11.0. The second-order valence-corrected chi connectivity index (χ2v) is 5.81. The Morgan fingerprint density at radius 3 is 3.00 bits per heavy atom. The first-order valence-electron chi connectivity index (χ1n) is 7.62. The molecule has 1 aromatic heterocycles. The number of carbonyl (C=O) groups excluding carboxylic acids is 1. The first kappa shape index (κ1) is 15.3. The zero-order valence-corrected chi connectivity index (χ0v) is 12.9. The minimum Gasteiger partial charge on any atom is -0.508 e. The molecule has 0 bridgehead atoms. The van der Waals surface area contributed by atoms with E-state index in [9.17, 15) is 14.7 Å². The topological polar surface area (TPSA) is 76.7 Å². The summed E-state index contributed by atoms with van der Waals surface area (Å²) in [5, 5.41) is 10.4. The zero-order chi connectivity index (χ0) is 16.4. The van der Waals surface area contributed by atoms with Crippen LogP contribution in [-0.4, -0.2) is 11.1 Å². The molecule has 3 rings (SSSR count). The first-order valence-corrected chi connectivity index (χ1v) is 7.62. The number of hydrogen-bond acceptors (Lipinski definition) is 5. The summed E-state index contributed by atoms with van der Waals surface area (Å²) in [5.41, 5.74) is 0.858. The summed E-state index contributed by atoms with van der Waals surface area (Å²) in [6.45, 7) is 1.68. The highest BCUT2D eigenvalue weighted by molar-refractivity contribution is 5.85. The number of allylic oxidation sites excluding steroid dienone is 2. The highest BCUT2D eigenvalue weighted by atomic mass is 16.5. The smallest absolute Gasteiger partial charge is 0.336 e. The van der Waals surface area contributed by atoms with Crippen LogP contribution in [0.5, 0.6) is 5.75 Å². The molecule has 5 heteroatoms. The monoisotopic (exact) mass is 314 g/mol. The third-order valence-corrected chi connectivity index (χ3v) is 4.15. The Bertz CT molecular complexity index is 831. The Morgan fingerprint density at radius 2 is 2.26 bits per heavy atom. The zero-order valence-electron chi connectivity index (χ0n) is 12.9. The lowest BCUT2D eigenvalue weighted by molar-refractivity contribution is -0.145. The van der Waals surface area contributed by atoms with Gasteiger partial charge in [-0.2, -0.15) is 0 Å². The van der Waals surface area contributed by atoms with Crippen LogP contribution >= 0.6 is 0 Å². The number of ether oxygens (including phenoxy) is 1. The van der Waals surface area contributed by atoms with Crippen LogP contribution in [0.25, 0.3) is 11.0 Å². The number of phenolic OH excluding ortho intramolecular Hbond substituents is 1. The predicted molar refractivity (Wildman–Crippen MR) is 85.2 cm³/mol. The van der Waals surface area contributed by atoms with E-state index in [0.29, 0.717) is 28.5 Å². The van der Waals surface area contributed by atoms with Crippen LogP contribution in [-0.2, 0) is 16.1 Å². The van der Waals surface area contributed by atoms with Crippen LogP contribution in [0.2, 0.25) is 0 Å². The van der Waals surface area contributed by atoms with Gasteiger partial charge in [-0.05, 0) is 37.8 Å². The number of carbonyl (C=O) groups is 1. The number of fused-ring (bicyclic) bond motifs is 1. The maximum Gasteiger partial charge on any atom is 0.336 e. The van der Waals surface area contributed by atoms with E-state index in [0.717, 1.165) is 12.8 Å². The predicted octanol–water partition coefficient (Wildman–Crippen LogP) is 3.21. The van der Waals surface area contributed by atoms with Gasteiger partial charge in [0.2, 0.25) is 0 Å². The van der Waals surface area contributed by atoms with Crippen LogP contribution in [0.4, 0.5) is 0 Å². The van der Waals surface area contributed by atoms with Crippen molar-refractivity contribution in [2.75, 3.05) is 0 Å². The van der Waals surface area contributed by atoms with E-state index in [1.54, 1.807) is 13.0 Å². The van der Waals surface area contributed by atoms with Gasteiger partial charge >= 0.3 is 11.6 Å². The molecule has 0 saturated heterocycles. The summed E-state index contributed by atoms with van der Waals surface area (Å²) in [6.07, 6.45) is 6.45. The van der Waals surface area contributed by atoms with Crippen LogP contribution in [0.1, 0.15) is 30.4 Å². The van der Waals surface area contributed by atoms with Gasteiger partial charge in [0.25, 0.3) is 0 Å². The standard InChI is InChI=1S/C18H18O5/c1-11-15(19)7-6-14-13(9-17(21)23-18(11)14)10-22-16(20)8-12-4-2-3-5-12/h2,4,6-7,9,12,19H,3,5,8,10H2,1H3/t12-/m1/s1. The lowest BCUT2D eigenvalue weighted by Gasteiger charge is -2.10. The average Bonchev–Trinajstić information content (AvgIpc) is 3.02. The summed E-state index contributed by atoms with van der Waals surface area (Å²) in [7, 11) is 0. The fourth-order valence-corrected chi connectivity index (χ4v) is 2.83. The van der Waals surface area contributed by atoms with Gasteiger partial charge in [-0.1, -0.05) is 12.2 Å². The molecule has 120 valence electrons. The molecule has 1 N–H and O–H groups in total. The molecule has 0 fully saturated rings. The Morgan fingerprint density at radius 1 is 1.43 bits per heavy atom. The van der Waals surface area contributed by atoms with E-state index in [1.165, 1.54) is 12.1 Å². The van der Waals surface area contributed by atoms with Crippen molar-refractivity contribution >= 4 is 16.9 Å². The molecule has 0 aliphatic heterocycles. The second-order valence-electron chi connectivity index (χ2n) is 5.81. The summed E-state index contributed by atoms with van der Waals surface area (Å²) < 4.78 is 10.5. The summed E-state index contributed by atoms with van der Waals surface area (Å²) in [6, 6.07) is 4.51. The van der Waals surface area contributed by atoms with Crippen molar-refractivity contribution in [2.45, 2.75) is 32.8 Å². The minimum atomic E-state index is -0.532. The van der Waals surface area contributed by atoms with E-state index >= 15 is 0 Å². The molecule has 0 radical (unpaired) electrons. The summed E-state index contributed by atoms with van der Waals surface area (Å²) in [4.78, 5) is 23.6. The number of benzene rings is 1. The van der Waals surface area contributed by atoms with Gasteiger partial charge in [-0.3, -0.25) is 4.79 Å². The highest BCUT2D eigenvalue weighted by Crippen LogP contribution is 2.28. The molecule has 0 saturated carbocycles. The van der Waals surface area contributed by atoms with Crippen molar-refractivity contribution in [1.29, 1.82) is 0 Å². The van der Waals surface area contributed by atoms with E-state index in [1.807, 2.05) is 6.08 Å². The van der Waals surface area contributed by atoms with Gasteiger partial charge in [-0.15, -0.1) is 0 Å². The van der Waals surface area contributed by atoms with E-state index in [-0.39, 0.29) is 24.2 Å². The molecular weight excluding hydrogens is 296 g/mol. The molecule has 0 amide bonds. The molecule has 1 aromatic carbocycles. The van der Waals surface area contributed by atoms with Gasteiger partial charge in [0.15, 0.2) is 0 Å². The Kier molecular flexibility index (Phi) is 4.19. The number of hydrogen-bond donors (Lipinski definition) is 1. The molecule has 1 aliphatic rings. The van der Waals surface area contributed by atoms with Crippen molar-refractivity contribution in [3.8, 4) is 5.75 Å². The third kappa shape index (κ3) is 3.28. The third-order valence-electron chi connectivity index (χ3n) is 4.15. The second kappa shape index (κ2) is 6.28. The van der Waals surface area contributed by atoms with Crippen LogP contribution in [0.15, 0.2) is 39.6 Å². The largest absolute Gasteiger partial charge is 0.508 e. The van der Waals surface area contributed by atoms with Gasteiger partial charge in [-0.25, -0.2) is 4.79 Å². The minimum absolute atomic E-state index is 0.0155. The van der Waals surface area contributed by atoms with Crippen LogP contribution < -0.4 is 5.63 Å². The molecule has 5 nitrogen and oxygen atoms in total. The SMILES string of the molecule is Cc1c(O)ccc2c(COC(=O)C[C@@H]3C=CCC3)cc(=O)oc12. The number of aryl methyl sites for hydroxylation is 1. The average molecular weight is 314 g/mol. The molecule has 23 heavy (non-hydrogen) atoms. The lowest BCUT2D eigenvalue weighted by atomic mass is 10.1. The summed E-state index contributed by atoms with van der Waals surface area (Å²) >= 11 is 0. The van der Waals surface area contributed by atoms with Crippen molar-refractivity contribution in [3.05, 3.63) is 51.9 Å². The highest BCUT2D eigenvalue weighted by Gasteiger charge is 2.16. The Hall–Kier alpha value is -2.56.